The fourth-order valence-corrected chi connectivity index (χ4v) is 1.98. The zero-order valence-electron chi connectivity index (χ0n) is 11.3. The molecule has 0 saturated carbocycles. The Morgan fingerprint density at radius 1 is 1.29 bits per heavy atom. The highest BCUT2D eigenvalue weighted by Crippen LogP contribution is 2.25. The third-order valence-electron chi connectivity index (χ3n) is 2.97. The van der Waals surface area contributed by atoms with E-state index in [2.05, 4.69) is 10.1 Å². The van der Waals surface area contributed by atoms with Gasteiger partial charge in [0, 0.05) is 31.5 Å². The van der Waals surface area contributed by atoms with Crippen LogP contribution in [0.4, 0.5) is 14.5 Å². The second kappa shape index (κ2) is 6.17. The van der Waals surface area contributed by atoms with Gasteiger partial charge in [0.1, 0.15) is 17.3 Å². The lowest BCUT2D eigenvalue weighted by Crippen LogP contribution is -2.21. The highest BCUT2D eigenvalue weighted by Gasteiger charge is 2.17. The fourth-order valence-electron chi connectivity index (χ4n) is 1.98. The summed E-state index contributed by atoms with van der Waals surface area (Å²) in [6.45, 7) is 0.319. The third kappa shape index (κ3) is 3.25. The number of nitrogens with two attached hydrogens (primary N) is 1. The zero-order valence-corrected chi connectivity index (χ0v) is 11.3. The molecule has 1 heterocycles. The lowest BCUT2D eigenvalue weighted by Gasteiger charge is -2.21. The highest BCUT2D eigenvalue weighted by molar-refractivity contribution is 5.97. The van der Waals surface area contributed by atoms with E-state index in [9.17, 15) is 8.78 Å². The largest absolute Gasteiger partial charge is 0.409 e. The Hall–Kier alpha value is -2.70. The van der Waals surface area contributed by atoms with Crippen molar-refractivity contribution in [1.29, 1.82) is 0 Å². The molecule has 0 saturated heterocycles. The molecule has 0 spiro atoms. The summed E-state index contributed by atoms with van der Waals surface area (Å²) >= 11 is 0. The number of anilines is 1. The van der Waals surface area contributed by atoms with Gasteiger partial charge in [-0.05, 0) is 29.8 Å². The summed E-state index contributed by atoms with van der Waals surface area (Å²) < 4.78 is 28.1. The van der Waals surface area contributed by atoms with Gasteiger partial charge in [0.25, 0.3) is 0 Å². The predicted octanol–water partition coefficient (Wildman–Crippen LogP) is 2.09. The number of hydrogen-bond acceptors (Lipinski definition) is 4. The molecule has 0 aliphatic carbocycles. The SMILES string of the molecule is CN(Cc1ccncc1)c1c(F)cc(/C(N)=N/O)cc1F. The molecule has 1 aromatic carbocycles. The van der Waals surface area contributed by atoms with Crippen LogP contribution in [0, 0.1) is 11.6 Å². The first-order valence-electron chi connectivity index (χ1n) is 6.10. The van der Waals surface area contributed by atoms with Crippen LogP contribution in [0.2, 0.25) is 0 Å². The maximum atomic E-state index is 14.1. The maximum Gasteiger partial charge on any atom is 0.170 e. The van der Waals surface area contributed by atoms with E-state index in [0.29, 0.717) is 6.54 Å². The molecule has 7 heteroatoms. The van der Waals surface area contributed by atoms with Crippen molar-refractivity contribution in [2.24, 2.45) is 10.9 Å². The number of halogens is 2. The summed E-state index contributed by atoms with van der Waals surface area (Å²) in [7, 11) is 1.57. The lowest BCUT2D eigenvalue weighted by atomic mass is 10.1. The molecule has 0 fully saturated rings. The van der Waals surface area contributed by atoms with Crippen molar-refractivity contribution in [3.63, 3.8) is 0 Å². The minimum atomic E-state index is -0.784. The summed E-state index contributed by atoms with van der Waals surface area (Å²) in [5.41, 5.74) is 6.00. The molecule has 0 aliphatic rings. The quantitative estimate of drug-likeness (QED) is 0.391. The summed E-state index contributed by atoms with van der Waals surface area (Å²) in [5, 5.41) is 11.3. The Morgan fingerprint density at radius 3 is 2.38 bits per heavy atom. The molecule has 2 rings (SSSR count). The smallest absolute Gasteiger partial charge is 0.170 e. The number of oxime groups is 1. The van der Waals surface area contributed by atoms with Gasteiger partial charge in [0.15, 0.2) is 5.84 Å². The Balaban J connectivity index is 2.31. The van der Waals surface area contributed by atoms with Crippen LogP contribution in [0.3, 0.4) is 0 Å². The second-order valence-corrected chi connectivity index (χ2v) is 4.49. The summed E-state index contributed by atoms with van der Waals surface area (Å²) in [4.78, 5) is 5.32. The van der Waals surface area contributed by atoms with Crippen molar-refractivity contribution in [2.75, 3.05) is 11.9 Å². The number of nitrogens with zero attached hydrogens (tertiary/aromatic N) is 3. The van der Waals surface area contributed by atoms with E-state index < -0.39 is 11.6 Å². The average Bonchev–Trinajstić information content (AvgIpc) is 2.46. The van der Waals surface area contributed by atoms with Crippen molar-refractivity contribution < 1.29 is 14.0 Å². The van der Waals surface area contributed by atoms with Crippen LogP contribution in [0.15, 0.2) is 41.8 Å². The minimum absolute atomic E-state index is 0.0199. The topological polar surface area (TPSA) is 74.7 Å². The number of benzene rings is 1. The summed E-state index contributed by atoms with van der Waals surface area (Å²) in [6.07, 6.45) is 3.22. The van der Waals surface area contributed by atoms with Crippen LogP contribution in [-0.4, -0.2) is 23.1 Å². The van der Waals surface area contributed by atoms with Crippen LogP contribution in [0.5, 0.6) is 0 Å². The average molecular weight is 292 g/mol. The van der Waals surface area contributed by atoms with Crippen molar-refractivity contribution in [3.8, 4) is 0 Å². The van der Waals surface area contributed by atoms with Gasteiger partial charge in [0.2, 0.25) is 0 Å². The number of pyridine rings is 1. The Labute approximate surface area is 120 Å². The van der Waals surface area contributed by atoms with Gasteiger partial charge in [-0.15, -0.1) is 0 Å². The van der Waals surface area contributed by atoms with Crippen molar-refractivity contribution in [2.45, 2.75) is 6.54 Å². The minimum Gasteiger partial charge on any atom is -0.409 e. The molecule has 1 aromatic heterocycles. The van der Waals surface area contributed by atoms with E-state index in [0.717, 1.165) is 17.7 Å². The molecular weight excluding hydrogens is 278 g/mol. The normalized spacial score (nSPS) is 11.5. The van der Waals surface area contributed by atoms with Gasteiger partial charge in [-0.1, -0.05) is 5.16 Å². The van der Waals surface area contributed by atoms with E-state index in [4.69, 9.17) is 10.9 Å². The molecule has 0 unspecified atom stereocenters. The van der Waals surface area contributed by atoms with Gasteiger partial charge in [-0.25, -0.2) is 8.78 Å². The molecule has 0 amide bonds. The van der Waals surface area contributed by atoms with E-state index in [1.54, 1.807) is 31.6 Å². The monoisotopic (exact) mass is 292 g/mol. The van der Waals surface area contributed by atoms with Crippen LogP contribution in [0.1, 0.15) is 11.1 Å². The highest BCUT2D eigenvalue weighted by atomic mass is 19.1. The molecule has 0 atom stereocenters. The maximum absolute atomic E-state index is 14.1. The second-order valence-electron chi connectivity index (χ2n) is 4.49. The standard InChI is InChI=1S/C14H14F2N4O/c1-20(8-9-2-4-18-5-3-9)13-11(15)6-10(7-12(13)16)14(17)19-21/h2-7,21H,8H2,1H3,(H2,17,19). The molecule has 0 radical (unpaired) electrons. The number of aromatic nitrogens is 1. The molecule has 0 bridgehead atoms. The van der Waals surface area contributed by atoms with Gasteiger partial charge in [0.05, 0.1) is 0 Å². The first-order valence-corrected chi connectivity index (χ1v) is 6.10. The van der Waals surface area contributed by atoms with Crippen LogP contribution < -0.4 is 10.6 Å². The van der Waals surface area contributed by atoms with Crippen LogP contribution in [0.25, 0.3) is 0 Å². The van der Waals surface area contributed by atoms with Crippen LogP contribution in [-0.2, 0) is 6.54 Å². The first kappa shape index (κ1) is 14.7. The van der Waals surface area contributed by atoms with Gasteiger partial charge >= 0.3 is 0 Å². The number of rotatable bonds is 4. The Morgan fingerprint density at radius 2 is 1.86 bits per heavy atom. The molecule has 2 aromatic rings. The van der Waals surface area contributed by atoms with Gasteiger partial charge in [-0.2, -0.15) is 0 Å². The van der Waals surface area contributed by atoms with E-state index in [-0.39, 0.29) is 17.1 Å². The Kier molecular flexibility index (Phi) is 4.32. The number of amidine groups is 1. The lowest BCUT2D eigenvalue weighted by molar-refractivity contribution is 0.318. The zero-order chi connectivity index (χ0) is 15.4. The van der Waals surface area contributed by atoms with Crippen LogP contribution >= 0.6 is 0 Å². The van der Waals surface area contributed by atoms with E-state index >= 15 is 0 Å². The number of hydrogen-bond donors (Lipinski definition) is 2. The summed E-state index contributed by atoms with van der Waals surface area (Å²) in [5.74, 6) is -1.92. The predicted molar refractivity (Wildman–Crippen MR) is 75.2 cm³/mol. The molecule has 0 aliphatic heterocycles. The van der Waals surface area contributed by atoms with Gasteiger partial charge < -0.3 is 15.8 Å². The van der Waals surface area contributed by atoms with E-state index in [1.807, 2.05) is 0 Å². The Bertz CT molecular complexity index is 638. The first-order chi connectivity index (χ1) is 10.0. The fraction of sp³-hybridized carbons (Fsp3) is 0.143. The van der Waals surface area contributed by atoms with E-state index in [1.165, 1.54) is 4.90 Å². The summed E-state index contributed by atoms with van der Waals surface area (Å²) in [6, 6.07) is 5.57. The van der Waals surface area contributed by atoms with Crippen molar-refractivity contribution >= 4 is 11.5 Å². The van der Waals surface area contributed by atoms with Crippen molar-refractivity contribution in [3.05, 3.63) is 59.4 Å². The third-order valence-corrected chi connectivity index (χ3v) is 2.97. The molecule has 21 heavy (non-hydrogen) atoms. The van der Waals surface area contributed by atoms with Gasteiger partial charge in [-0.3, -0.25) is 4.98 Å². The molecule has 3 N–H and O–H groups in total. The van der Waals surface area contributed by atoms with Crippen molar-refractivity contribution in [1.82, 2.24) is 4.98 Å². The molecule has 5 nitrogen and oxygen atoms in total. The molecule has 110 valence electrons. The molecular formula is C14H14F2N4O.